The topological polar surface area (TPSA) is 75.4 Å². The van der Waals surface area contributed by atoms with Crippen LogP contribution in [0.4, 0.5) is 0 Å². The van der Waals surface area contributed by atoms with Gasteiger partial charge in [-0.25, -0.2) is 0 Å². The molecule has 1 aromatic carbocycles. The summed E-state index contributed by atoms with van der Waals surface area (Å²) in [5, 5.41) is 2.38. The number of imide groups is 1. The number of amides is 2. The van der Waals surface area contributed by atoms with E-state index in [-0.39, 0.29) is 24.3 Å². The molecule has 1 unspecified atom stereocenters. The second-order valence-corrected chi connectivity index (χ2v) is 5.66. The highest BCUT2D eigenvalue weighted by atomic mass is 16.2. The van der Waals surface area contributed by atoms with Gasteiger partial charge in [-0.05, 0) is 19.4 Å². The molecule has 5 heteroatoms. The van der Waals surface area contributed by atoms with E-state index in [4.69, 9.17) is 5.73 Å². The fourth-order valence-corrected chi connectivity index (χ4v) is 2.43. The lowest BCUT2D eigenvalue weighted by molar-refractivity contribution is -0.145. The third-order valence-corrected chi connectivity index (χ3v) is 3.93. The predicted octanol–water partition coefficient (Wildman–Crippen LogP) is 0.466. The summed E-state index contributed by atoms with van der Waals surface area (Å²) in [6.45, 7) is 4.95. The van der Waals surface area contributed by atoms with Gasteiger partial charge in [0.1, 0.15) is 0 Å². The standard InChI is InChI=1S/C15H21N3O2/c1-15(2)14(20)17-13(19)10-18(15)9-12(8-16)11-6-4-3-5-7-11/h3-7,12H,8-10,16H2,1-2H3,(H,17,19,20). The van der Waals surface area contributed by atoms with E-state index in [1.54, 1.807) is 0 Å². The van der Waals surface area contributed by atoms with Gasteiger partial charge in [-0.3, -0.25) is 19.8 Å². The van der Waals surface area contributed by atoms with E-state index < -0.39 is 5.54 Å². The number of piperazine rings is 1. The number of rotatable bonds is 4. The van der Waals surface area contributed by atoms with Crippen molar-refractivity contribution >= 4 is 11.8 Å². The molecule has 1 heterocycles. The molecule has 1 fully saturated rings. The molecule has 108 valence electrons. The summed E-state index contributed by atoms with van der Waals surface area (Å²) in [5.74, 6) is -0.398. The van der Waals surface area contributed by atoms with Crippen molar-refractivity contribution < 1.29 is 9.59 Å². The van der Waals surface area contributed by atoms with Crippen LogP contribution in [0.5, 0.6) is 0 Å². The minimum atomic E-state index is -0.698. The van der Waals surface area contributed by atoms with Gasteiger partial charge in [0, 0.05) is 19.0 Å². The van der Waals surface area contributed by atoms with Gasteiger partial charge < -0.3 is 5.73 Å². The van der Waals surface area contributed by atoms with E-state index >= 15 is 0 Å². The Balaban J connectivity index is 2.18. The van der Waals surface area contributed by atoms with Crippen LogP contribution in [0.15, 0.2) is 30.3 Å². The summed E-state index contributed by atoms with van der Waals surface area (Å²) >= 11 is 0. The zero-order valence-electron chi connectivity index (χ0n) is 11.9. The van der Waals surface area contributed by atoms with Gasteiger partial charge in [-0.1, -0.05) is 30.3 Å². The minimum Gasteiger partial charge on any atom is -0.330 e. The first kappa shape index (κ1) is 14.7. The fraction of sp³-hybridized carbons (Fsp3) is 0.467. The van der Waals surface area contributed by atoms with Crippen molar-refractivity contribution in [2.75, 3.05) is 19.6 Å². The zero-order valence-corrected chi connectivity index (χ0v) is 11.9. The van der Waals surface area contributed by atoms with Gasteiger partial charge in [0.25, 0.3) is 0 Å². The first-order chi connectivity index (χ1) is 9.45. The third-order valence-electron chi connectivity index (χ3n) is 3.93. The van der Waals surface area contributed by atoms with E-state index in [1.165, 1.54) is 0 Å². The number of hydrogen-bond donors (Lipinski definition) is 2. The Morgan fingerprint density at radius 2 is 1.95 bits per heavy atom. The fourth-order valence-electron chi connectivity index (χ4n) is 2.43. The average molecular weight is 275 g/mol. The van der Waals surface area contributed by atoms with Crippen molar-refractivity contribution in [1.29, 1.82) is 0 Å². The summed E-state index contributed by atoms with van der Waals surface area (Å²) in [4.78, 5) is 25.4. The maximum absolute atomic E-state index is 11.9. The maximum atomic E-state index is 11.9. The largest absolute Gasteiger partial charge is 0.330 e. The molecule has 2 rings (SSSR count). The molecule has 0 aromatic heterocycles. The van der Waals surface area contributed by atoms with E-state index in [2.05, 4.69) is 5.32 Å². The summed E-state index contributed by atoms with van der Waals surface area (Å²) in [6, 6.07) is 9.94. The molecule has 20 heavy (non-hydrogen) atoms. The van der Waals surface area contributed by atoms with Crippen LogP contribution in [-0.2, 0) is 9.59 Å². The molecule has 5 nitrogen and oxygen atoms in total. The second-order valence-electron chi connectivity index (χ2n) is 5.66. The molecule has 0 radical (unpaired) electrons. The Bertz CT molecular complexity index is 499. The molecule has 1 atom stereocenters. The van der Waals surface area contributed by atoms with Gasteiger partial charge in [-0.2, -0.15) is 0 Å². The molecule has 1 aromatic rings. The molecular formula is C15H21N3O2. The summed E-state index contributed by atoms with van der Waals surface area (Å²) in [5.41, 5.74) is 6.30. The van der Waals surface area contributed by atoms with Gasteiger partial charge in [0.05, 0.1) is 12.1 Å². The Morgan fingerprint density at radius 3 is 2.55 bits per heavy atom. The van der Waals surface area contributed by atoms with Crippen LogP contribution in [0.1, 0.15) is 25.3 Å². The number of nitrogens with zero attached hydrogens (tertiary/aromatic N) is 1. The summed E-state index contributed by atoms with van der Waals surface area (Å²) in [7, 11) is 0. The van der Waals surface area contributed by atoms with Crippen molar-refractivity contribution in [3.8, 4) is 0 Å². The van der Waals surface area contributed by atoms with E-state index in [1.807, 2.05) is 49.1 Å². The number of nitrogens with one attached hydrogen (secondary N) is 1. The predicted molar refractivity (Wildman–Crippen MR) is 77.0 cm³/mol. The van der Waals surface area contributed by atoms with Crippen molar-refractivity contribution in [2.45, 2.75) is 25.3 Å². The zero-order chi connectivity index (χ0) is 14.8. The van der Waals surface area contributed by atoms with Gasteiger partial charge >= 0.3 is 0 Å². The molecule has 0 aliphatic carbocycles. The van der Waals surface area contributed by atoms with Gasteiger partial charge in [-0.15, -0.1) is 0 Å². The van der Waals surface area contributed by atoms with Gasteiger partial charge in [0.15, 0.2) is 0 Å². The number of carbonyl (C=O) groups excluding carboxylic acids is 2. The Hall–Kier alpha value is -1.72. The van der Waals surface area contributed by atoms with Crippen LogP contribution < -0.4 is 11.1 Å². The summed E-state index contributed by atoms with van der Waals surface area (Å²) < 4.78 is 0. The van der Waals surface area contributed by atoms with Crippen LogP contribution in [0.2, 0.25) is 0 Å². The lowest BCUT2D eigenvalue weighted by Gasteiger charge is -2.41. The van der Waals surface area contributed by atoms with E-state index in [0.29, 0.717) is 13.1 Å². The Morgan fingerprint density at radius 1 is 1.30 bits per heavy atom. The monoisotopic (exact) mass is 275 g/mol. The highest BCUT2D eigenvalue weighted by Gasteiger charge is 2.41. The molecule has 0 bridgehead atoms. The highest BCUT2D eigenvalue weighted by Crippen LogP contribution is 2.23. The van der Waals surface area contributed by atoms with Crippen molar-refractivity contribution in [2.24, 2.45) is 5.73 Å². The molecule has 1 aliphatic rings. The average Bonchev–Trinajstić information content (AvgIpc) is 2.42. The Labute approximate surface area is 119 Å². The van der Waals surface area contributed by atoms with Crippen molar-refractivity contribution in [3.05, 3.63) is 35.9 Å². The molecule has 2 amide bonds. The smallest absolute Gasteiger partial charge is 0.246 e. The normalized spacial score (nSPS) is 20.6. The molecule has 0 saturated carbocycles. The molecule has 0 spiro atoms. The Kier molecular flexibility index (Phi) is 4.20. The minimum absolute atomic E-state index is 0.106. The van der Waals surface area contributed by atoms with Crippen molar-refractivity contribution in [1.82, 2.24) is 10.2 Å². The highest BCUT2D eigenvalue weighted by molar-refractivity contribution is 6.02. The van der Waals surface area contributed by atoms with Crippen LogP contribution in [-0.4, -0.2) is 41.9 Å². The van der Waals surface area contributed by atoms with Crippen LogP contribution in [0.3, 0.4) is 0 Å². The summed E-state index contributed by atoms with van der Waals surface area (Å²) in [6.07, 6.45) is 0. The number of benzene rings is 1. The number of carbonyl (C=O) groups is 2. The van der Waals surface area contributed by atoms with E-state index in [0.717, 1.165) is 5.56 Å². The quantitative estimate of drug-likeness (QED) is 0.783. The first-order valence-corrected chi connectivity index (χ1v) is 6.79. The third kappa shape index (κ3) is 2.89. The van der Waals surface area contributed by atoms with Crippen LogP contribution >= 0.6 is 0 Å². The van der Waals surface area contributed by atoms with Crippen LogP contribution in [0.25, 0.3) is 0 Å². The maximum Gasteiger partial charge on any atom is 0.246 e. The lowest BCUT2D eigenvalue weighted by atomic mass is 9.93. The SMILES string of the molecule is CC1(C)C(=O)NC(=O)CN1CC(CN)c1ccccc1. The van der Waals surface area contributed by atoms with E-state index in [9.17, 15) is 9.59 Å². The van der Waals surface area contributed by atoms with Gasteiger partial charge in [0.2, 0.25) is 11.8 Å². The second kappa shape index (κ2) is 5.73. The number of nitrogens with two attached hydrogens (primary N) is 1. The number of hydrogen-bond acceptors (Lipinski definition) is 4. The molecular weight excluding hydrogens is 254 g/mol. The lowest BCUT2D eigenvalue weighted by Crippen LogP contribution is -2.64. The molecule has 1 saturated heterocycles. The first-order valence-electron chi connectivity index (χ1n) is 6.79. The van der Waals surface area contributed by atoms with Crippen LogP contribution in [0, 0.1) is 0 Å². The molecule has 3 N–H and O–H groups in total. The molecule has 1 aliphatic heterocycles. The van der Waals surface area contributed by atoms with Crippen molar-refractivity contribution in [3.63, 3.8) is 0 Å².